The minimum atomic E-state index is -0.498. The summed E-state index contributed by atoms with van der Waals surface area (Å²) in [6, 6.07) is 2.46. The van der Waals surface area contributed by atoms with Gasteiger partial charge in [-0.15, -0.1) is 0 Å². The molecule has 0 aliphatic heterocycles. The third kappa shape index (κ3) is 3.64. The number of aryl methyl sites for hydroxylation is 1. The molecule has 0 saturated heterocycles. The number of carbonyl (C=O) groups is 1. The molecule has 0 unspecified atom stereocenters. The summed E-state index contributed by atoms with van der Waals surface area (Å²) < 4.78 is 1.37. The number of amides is 1. The highest BCUT2D eigenvalue weighted by molar-refractivity contribution is 5.83. The van der Waals surface area contributed by atoms with Gasteiger partial charge in [0.25, 0.3) is 11.2 Å². The Bertz CT molecular complexity index is 765. The van der Waals surface area contributed by atoms with Crippen molar-refractivity contribution in [2.75, 3.05) is 6.54 Å². The SMILES string of the molecule is O=C(NCCCCn1cc([N+](=O)[O-])ccc1=O)C12CC3CC(CC(C3)C1)C2. The van der Waals surface area contributed by atoms with Gasteiger partial charge in [-0.3, -0.25) is 19.7 Å². The quantitative estimate of drug-likeness (QED) is 0.452. The topological polar surface area (TPSA) is 94.2 Å². The van der Waals surface area contributed by atoms with Gasteiger partial charge in [-0.2, -0.15) is 0 Å². The monoisotopic (exact) mass is 373 g/mol. The Kier molecular flexibility index (Phi) is 4.78. The van der Waals surface area contributed by atoms with Crippen LogP contribution in [0.3, 0.4) is 0 Å². The molecule has 4 saturated carbocycles. The molecule has 1 N–H and O–H groups in total. The van der Waals surface area contributed by atoms with Crippen molar-refractivity contribution in [3.63, 3.8) is 0 Å². The average Bonchev–Trinajstić information content (AvgIpc) is 2.61. The fraction of sp³-hybridized carbons (Fsp3) is 0.700. The largest absolute Gasteiger partial charge is 0.356 e. The number of nitrogens with one attached hydrogen (secondary N) is 1. The van der Waals surface area contributed by atoms with E-state index in [-0.39, 0.29) is 22.6 Å². The molecule has 1 amide bonds. The summed E-state index contributed by atoms with van der Waals surface area (Å²) in [5.74, 6) is 2.49. The van der Waals surface area contributed by atoms with Crippen molar-refractivity contribution < 1.29 is 9.72 Å². The molecule has 0 atom stereocenters. The zero-order valence-electron chi connectivity index (χ0n) is 15.6. The molecular weight excluding hydrogens is 346 g/mol. The predicted octanol–water partition coefficient (Wildman–Crippen LogP) is 2.87. The zero-order chi connectivity index (χ0) is 19.0. The number of hydrogen-bond donors (Lipinski definition) is 1. The maximum Gasteiger partial charge on any atom is 0.285 e. The number of carbonyl (C=O) groups excluding carboxylic acids is 1. The van der Waals surface area contributed by atoms with E-state index in [1.165, 1.54) is 42.2 Å². The molecule has 146 valence electrons. The first-order valence-corrected chi connectivity index (χ1v) is 10.1. The van der Waals surface area contributed by atoms with Crippen molar-refractivity contribution in [2.24, 2.45) is 23.2 Å². The minimum absolute atomic E-state index is 0.0790. The van der Waals surface area contributed by atoms with Gasteiger partial charge in [0.15, 0.2) is 0 Å². The van der Waals surface area contributed by atoms with Gasteiger partial charge in [-0.1, -0.05) is 0 Å². The highest BCUT2D eigenvalue weighted by Gasteiger charge is 2.54. The molecule has 1 aromatic heterocycles. The molecule has 4 bridgehead atoms. The highest BCUT2D eigenvalue weighted by atomic mass is 16.6. The Morgan fingerprint density at radius 2 is 1.78 bits per heavy atom. The fourth-order valence-electron chi connectivity index (χ4n) is 5.99. The van der Waals surface area contributed by atoms with Crippen LogP contribution >= 0.6 is 0 Å². The van der Waals surface area contributed by atoms with Crippen LogP contribution in [0.1, 0.15) is 51.4 Å². The van der Waals surface area contributed by atoms with Crippen LogP contribution in [0, 0.1) is 33.3 Å². The molecule has 0 aromatic carbocycles. The molecule has 4 fully saturated rings. The van der Waals surface area contributed by atoms with E-state index in [1.54, 1.807) is 0 Å². The van der Waals surface area contributed by atoms with Gasteiger partial charge >= 0.3 is 0 Å². The standard InChI is InChI=1S/C20H27N3O4/c24-18-4-3-17(23(26)27)13-22(18)6-2-1-5-21-19(25)20-10-14-7-15(11-20)9-16(8-14)12-20/h3-4,13-16H,1-2,5-12H2,(H,21,25). The van der Waals surface area contributed by atoms with Crippen LogP contribution in [0.5, 0.6) is 0 Å². The van der Waals surface area contributed by atoms with Gasteiger partial charge in [0.1, 0.15) is 0 Å². The Labute approximate surface area is 158 Å². The second-order valence-corrected chi connectivity index (χ2v) is 8.84. The van der Waals surface area contributed by atoms with Crippen LogP contribution in [-0.4, -0.2) is 21.9 Å². The third-order valence-corrected chi connectivity index (χ3v) is 6.81. The number of nitro groups is 1. The van der Waals surface area contributed by atoms with E-state index in [0.717, 1.165) is 43.4 Å². The Hall–Kier alpha value is -2.18. The molecule has 4 aliphatic carbocycles. The number of pyridine rings is 1. The number of aromatic nitrogens is 1. The van der Waals surface area contributed by atoms with Crippen LogP contribution in [0.15, 0.2) is 23.1 Å². The van der Waals surface area contributed by atoms with Crippen molar-refractivity contribution in [1.29, 1.82) is 0 Å². The molecule has 0 spiro atoms. The fourth-order valence-corrected chi connectivity index (χ4v) is 5.99. The van der Waals surface area contributed by atoms with E-state index in [0.29, 0.717) is 19.5 Å². The smallest absolute Gasteiger partial charge is 0.285 e. The maximum absolute atomic E-state index is 12.9. The zero-order valence-corrected chi connectivity index (χ0v) is 15.6. The van der Waals surface area contributed by atoms with Gasteiger partial charge in [-0.25, -0.2) is 0 Å². The van der Waals surface area contributed by atoms with E-state index in [1.807, 2.05) is 0 Å². The molecule has 7 heteroatoms. The first-order valence-electron chi connectivity index (χ1n) is 10.1. The number of rotatable bonds is 7. The summed E-state index contributed by atoms with van der Waals surface area (Å²) in [5, 5.41) is 14.0. The van der Waals surface area contributed by atoms with Crippen molar-refractivity contribution in [2.45, 2.75) is 57.9 Å². The normalized spacial score (nSPS) is 31.0. The molecule has 1 aromatic rings. The highest BCUT2D eigenvalue weighted by Crippen LogP contribution is 2.60. The van der Waals surface area contributed by atoms with E-state index in [2.05, 4.69) is 5.32 Å². The minimum Gasteiger partial charge on any atom is -0.356 e. The second-order valence-electron chi connectivity index (χ2n) is 8.84. The van der Waals surface area contributed by atoms with E-state index >= 15 is 0 Å². The number of unbranched alkanes of at least 4 members (excludes halogenated alkanes) is 1. The van der Waals surface area contributed by atoms with Crippen LogP contribution in [0.2, 0.25) is 0 Å². The van der Waals surface area contributed by atoms with Crippen LogP contribution in [0.4, 0.5) is 5.69 Å². The van der Waals surface area contributed by atoms with Crippen molar-refractivity contribution in [3.8, 4) is 0 Å². The van der Waals surface area contributed by atoms with Crippen molar-refractivity contribution >= 4 is 11.6 Å². The lowest BCUT2D eigenvalue weighted by molar-refractivity contribution is -0.385. The predicted molar refractivity (Wildman–Crippen MR) is 100 cm³/mol. The van der Waals surface area contributed by atoms with Crippen LogP contribution in [-0.2, 0) is 11.3 Å². The lowest BCUT2D eigenvalue weighted by atomic mass is 9.49. The lowest BCUT2D eigenvalue weighted by Crippen LogP contribution is -2.53. The summed E-state index contributed by atoms with van der Waals surface area (Å²) in [6.07, 6.45) is 9.90. The van der Waals surface area contributed by atoms with Crippen LogP contribution < -0.4 is 10.9 Å². The van der Waals surface area contributed by atoms with Gasteiger partial charge < -0.3 is 9.88 Å². The average molecular weight is 373 g/mol. The summed E-state index contributed by atoms with van der Waals surface area (Å²) in [4.78, 5) is 35.0. The summed E-state index contributed by atoms with van der Waals surface area (Å²) >= 11 is 0. The second kappa shape index (κ2) is 7.09. The molecule has 0 radical (unpaired) electrons. The molecular formula is C20H27N3O4. The van der Waals surface area contributed by atoms with Crippen molar-refractivity contribution in [3.05, 3.63) is 38.8 Å². The van der Waals surface area contributed by atoms with Gasteiger partial charge in [0, 0.05) is 30.6 Å². The number of nitrogens with zero attached hydrogens (tertiary/aromatic N) is 2. The summed E-state index contributed by atoms with van der Waals surface area (Å²) in [5.41, 5.74) is -0.436. The van der Waals surface area contributed by atoms with Gasteiger partial charge in [-0.05, 0) is 69.1 Å². The van der Waals surface area contributed by atoms with Crippen molar-refractivity contribution in [1.82, 2.24) is 9.88 Å². The third-order valence-electron chi connectivity index (χ3n) is 6.81. The molecule has 1 heterocycles. The first kappa shape index (κ1) is 18.2. The van der Waals surface area contributed by atoms with Gasteiger partial charge in [0.2, 0.25) is 5.91 Å². The Morgan fingerprint density at radius 1 is 1.15 bits per heavy atom. The van der Waals surface area contributed by atoms with E-state index in [4.69, 9.17) is 0 Å². The molecule has 5 rings (SSSR count). The van der Waals surface area contributed by atoms with E-state index in [9.17, 15) is 19.7 Å². The van der Waals surface area contributed by atoms with Gasteiger partial charge in [0.05, 0.1) is 11.1 Å². The Morgan fingerprint density at radius 3 is 2.37 bits per heavy atom. The molecule has 7 nitrogen and oxygen atoms in total. The lowest BCUT2D eigenvalue weighted by Gasteiger charge is -2.55. The maximum atomic E-state index is 12.9. The summed E-state index contributed by atoms with van der Waals surface area (Å²) in [6.45, 7) is 1.03. The Balaban J connectivity index is 1.25. The van der Waals surface area contributed by atoms with E-state index < -0.39 is 4.92 Å². The molecule has 27 heavy (non-hydrogen) atoms. The number of hydrogen-bond acceptors (Lipinski definition) is 4. The summed E-state index contributed by atoms with van der Waals surface area (Å²) in [7, 11) is 0. The molecule has 4 aliphatic rings. The van der Waals surface area contributed by atoms with Crippen LogP contribution in [0.25, 0.3) is 0 Å². The first-order chi connectivity index (χ1) is 12.9.